The van der Waals surface area contributed by atoms with Gasteiger partial charge in [0.25, 0.3) is 0 Å². The number of hydrogen-bond acceptors (Lipinski definition) is 2. The lowest BCUT2D eigenvalue weighted by molar-refractivity contribution is -0.120. The van der Waals surface area contributed by atoms with Crippen molar-refractivity contribution in [1.82, 2.24) is 10.6 Å². The summed E-state index contributed by atoms with van der Waals surface area (Å²) in [5, 5.41) is 6.04. The SMILES string of the molecule is CCCNCC(=O)NCCCCCCC(C)C. The van der Waals surface area contributed by atoms with Crippen molar-refractivity contribution in [2.24, 2.45) is 5.92 Å². The summed E-state index contributed by atoms with van der Waals surface area (Å²) in [6.45, 7) is 8.84. The van der Waals surface area contributed by atoms with Crippen molar-refractivity contribution in [2.45, 2.75) is 59.3 Å². The van der Waals surface area contributed by atoms with Crippen molar-refractivity contribution < 1.29 is 4.79 Å². The zero-order chi connectivity index (χ0) is 12.9. The second-order valence-electron chi connectivity index (χ2n) is 5.12. The number of hydrogen-bond donors (Lipinski definition) is 2. The summed E-state index contributed by atoms with van der Waals surface area (Å²) in [7, 11) is 0. The quantitative estimate of drug-likeness (QED) is 0.547. The molecule has 2 N–H and O–H groups in total. The van der Waals surface area contributed by atoms with Crippen molar-refractivity contribution in [2.75, 3.05) is 19.6 Å². The van der Waals surface area contributed by atoms with Crippen molar-refractivity contribution in [3.05, 3.63) is 0 Å². The number of carbonyl (C=O) groups excluding carboxylic acids is 1. The third-order valence-electron chi connectivity index (χ3n) is 2.74. The largest absolute Gasteiger partial charge is 0.355 e. The van der Waals surface area contributed by atoms with Crippen LogP contribution in [0.4, 0.5) is 0 Å². The van der Waals surface area contributed by atoms with E-state index in [-0.39, 0.29) is 5.91 Å². The second kappa shape index (κ2) is 11.9. The summed E-state index contributed by atoms with van der Waals surface area (Å²) in [6.07, 6.45) is 7.36. The van der Waals surface area contributed by atoms with Gasteiger partial charge in [-0.15, -0.1) is 0 Å². The average Bonchev–Trinajstić information content (AvgIpc) is 2.28. The predicted molar refractivity (Wildman–Crippen MR) is 74.1 cm³/mol. The zero-order valence-corrected chi connectivity index (χ0v) is 11.8. The molecule has 0 bridgehead atoms. The number of carbonyl (C=O) groups is 1. The van der Waals surface area contributed by atoms with Gasteiger partial charge in [-0.05, 0) is 25.3 Å². The van der Waals surface area contributed by atoms with E-state index in [1.165, 1.54) is 25.7 Å². The van der Waals surface area contributed by atoms with Gasteiger partial charge in [0.1, 0.15) is 0 Å². The smallest absolute Gasteiger partial charge is 0.233 e. The highest BCUT2D eigenvalue weighted by molar-refractivity contribution is 5.77. The van der Waals surface area contributed by atoms with Crippen LogP contribution in [0.5, 0.6) is 0 Å². The number of nitrogens with one attached hydrogen (secondary N) is 2. The Morgan fingerprint density at radius 1 is 1.06 bits per heavy atom. The molecule has 0 unspecified atom stereocenters. The van der Waals surface area contributed by atoms with Crippen molar-refractivity contribution >= 4 is 5.91 Å². The molecule has 102 valence electrons. The normalized spacial score (nSPS) is 10.8. The second-order valence-corrected chi connectivity index (χ2v) is 5.12. The molecule has 0 fully saturated rings. The van der Waals surface area contributed by atoms with Crippen LogP contribution in [0.1, 0.15) is 59.3 Å². The van der Waals surface area contributed by atoms with Gasteiger partial charge in [-0.3, -0.25) is 4.79 Å². The van der Waals surface area contributed by atoms with E-state index in [0.29, 0.717) is 6.54 Å². The standard InChI is InChI=1S/C14H30N2O/c1-4-10-15-12-14(17)16-11-8-6-5-7-9-13(2)3/h13,15H,4-12H2,1-3H3,(H,16,17). The zero-order valence-electron chi connectivity index (χ0n) is 11.8. The minimum Gasteiger partial charge on any atom is -0.355 e. The first-order chi connectivity index (χ1) is 8.16. The summed E-state index contributed by atoms with van der Waals surface area (Å²) >= 11 is 0. The van der Waals surface area contributed by atoms with Gasteiger partial charge in [0.05, 0.1) is 6.54 Å². The molecule has 17 heavy (non-hydrogen) atoms. The molecule has 0 radical (unpaired) electrons. The van der Waals surface area contributed by atoms with E-state index >= 15 is 0 Å². The van der Waals surface area contributed by atoms with Gasteiger partial charge in [-0.25, -0.2) is 0 Å². The van der Waals surface area contributed by atoms with Gasteiger partial charge in [0.15, 0.2) is 0 Å². The molecule has 0 saturated carbocycles. The molecule has 0 aromatic rings. The van der Waals surface area contributed by atoms with Gasteiger partial charge < -0.3 is 10.6 Å². The Labute approximate surface area is 107 Å². The fourth-order valence-corrected chi connectivity index (χ4v) is 1.70. The minimum atomic E-state index is 0.126. The highest BCUT2D eigenvalue weighted by Gasteiger charge is 1.99. The minimum absolute atomic E-state index is 0.126. The van der Waals surface area contributed by atoms with E-state index in [4.69, 9.17) is 0 Å². The monoisotopic (exact) mass is 242 g/mol. The van der Waals surface area contributed by atoms with Crippen LogP contribution in [0.2, 0.25) is 0 Å². The molecular formula is C14H30N2O. The molecular weight excluding hydrogens is 212 g/mol. The maximum atomic E-state index is 11.3. The third kappa shape index (κ3) is 13.4. The highest BCUT2D eigenvalue weighted by atomic mass is 16.1. The lowest BCUT2D eigenvalue weighted by atomic mass is 10.0. The molecule has 0 atom stereocenters. The fourth-order valence-electron chi connectivity index (χ4n) is 1.70. The van der Waals surface area contributed by atoms with Crippen LogP contribution in [-0.2, 0) is 4.79 Å². The van der Waals surface area contributed by atoms with Gasteiger partial charge in [-0.2, -0.15) is 0 Å². The van der Waals surface area contributed by atoms with Gasteiger partial charge in [0, 0.05) is 6.54 Å². The summed E-state index contributed by atoms with van der Waals surface area (Å²) in [5.41, 5.74) is 0. The highest BCUT2D eigenvalue weighted by Crippen LogP contribution is 2.08. The van der Waals surface area contributed by atoms with Crippen LogP contribution in [0.3, 0.4) is 0 Å². The van der Waals surface area contributed by atoms with Crippen molar-refractivity contribution in [3.63, 3.8) is 0 Å². The average molecular weight is 242 g/mol. The molecule has 0 rings (SSSR count). The van der Waals surface area contributed by atoms with Crippen LogP contribution in [0, 0.1) is 5.92 Å². The van der Waals surface area contributed by atoms with E-state index in [2.05, 4.69) is 31.4 Å². The van der Waals surface area contributed by atoms with Gasteiger partial charge >= 0.3 is 0 Å². The molecule has 0 heterocycles. The maximum Gasteiger partial charge on any atom is 0.233 e. The number of amides is 1. The molecule has 1 amide bonds. The summed E-state index contributed by atoms with van der Waals surface area (Å²) in [4.78, 5) is 11.3. The summed E-state index contributed by atoms with van der Waals surface area (Å²) in [5.74, 6) is 0.944. The van der Waals surface area contributed by atoms with E-state index in [9.17, 15) is 4.79 Å². The van der Waals surface area contributed by atoms with Crippen molar-refractivity contribution in [1.29, 1.82) is 0 Å². The van der Waals surface area contributed by atoms with Gasteiger partial charge in [0.2, 0.25) is 5.91 Å². The Morgan fingerprint density at radius 2 is 1.76 bits per heavy atom. The first kappa shape index (κ1) is 16.4. The lowest BCUT2D eigenvalue weighted by Crippen LogP contribution is -2.34. The number of unbranched alkanes of at least 4 members (excludes halogenated alkanes) is 3. The molecule has 0 aromatic heterocycles. The molecule has 3 nitrogen and oxygen atoms in total. The Morgan fingerprint density at radius 3 is 2.41 bits per heavy atom. The van der Waals surface area contributed by atoms with E-state index in [1.54, 1.807) is 0 Å². The Hall–Kier alpha value is -0.570. The fraction of sp³-hybridized carbons (Fsp3) is 0.929. The van der Waals surface area contributed by atoms with E-state index in [1.807, 2.05) is 0 Å². The van der Waals surface area contributed by atoms with Crippen LogP contribution in [-0.4, -0.2) is 25.5 Å². The first-order valence-electron chi connectivity index (χ1n) is 7.14. The Kier molecular flexibility index (Phi) is 11.5. The summed E-state index contributed by atoms with van der Waals surface area (Å²) < 4.78 is 0. The molecule has 0 aliphatic rings. The number of rotatable bonds is 11. The molecule has 0 spiro atoms. The Balaban J connectivity index is 3.14. The third-order valence-corrected chi connectivity index (χ3v) is 2.74. The van der Waals surface area contributed by atoms with Crippen LogP contribution in [0.25, 0.3) is 0 Å². The molecule has 0 aliphatic carbocycles. The summed E-state index contributed by atoms with van der Waals surface area (Å²) in [6, 6.07) is 0. The molecule has 0 saturated heterocycles. The Bertz CT molecular complexity index is 181. The maximum absolute atomic E-state index is 11.3. The van der Waals surface area contributed by atoms with Crippen LogP contribution in [0.15, 0.2) is 0 Å². The van der Waals surface area contributed by atoms with Crippen LogP contribution < -0.4 is 10.6 Å². The molecule has 3 heteroatoms. The van der Waals surface area contributed by atoms with E-state index < -0.39 is 0 Å². The predicted octanol–water partition coefficient (Wildman–Crippen LogP) is 2.71. The van der Waals surface area contributed by atoms with E-state index in [0.717, 1.165) is 31.8 Å². The molecule has 0 aromatic carbocycles. The first-order valence-corrected chi connectivity index (χ1v) is 7.14. The lowest BCUT2D eigenvalue weighted by Gasteiger charge is -2.06. The molecule has 0 aliphatic heterocycles. The topological polar surface area (TPSA) is 41.1 Å². The van der Waals surface area contributed by atoms with Crippen LogP contribution >= 0.6 is 0 Å². The van der Waals surface area contributed by atoms with Crippen molar-refractivity contribution in [3.8, 4) is 0 Å². The van der Waals surface area contributed by atoms with Gasteiger partial charge in [-0.1, -0.05) is 46.5 Å².